The molecule has 0 aromatic heterocycles. The summed E-state index contributed by atoms with van der Waals surface area (Å²) in [6, 6.07) is 43.3. The number of methoxy groups -OCH3 is 2. The summed E-state index contributed by atoms with van der Waals surface area (Å²) in [4.78, 5) is 85.2. The molecule has 20 heteroatoms. The van der Waals surface area contributed by atoms with E-state index in [0.29, 0.717) is 49.5 Å². The molecule has 0 heterocycles. The number of amides is 1. The summed E-state index contributed by atoms with van der Waals surface area (Å²) in [6.45, 7) is 11.4. The molecule has 1 fully saturated rings. The molecule has 0 spiro atoms. The SMILES string of the molecule is CC.CNOC1CC(C(=O)Nc2ccc(-c3ccc(C(C)(C)C)cc3COC)c(COC(=O)/C=C/c3ccc(-c4ccc(OCCCC=N)cc4)cc3)c2)C(C(=O)O)C1CC(=O)O.COc1ccc(/C=C/C=O)cc1.N#CCCCOc1ccc(C=O)cc1.O=CO. The van der Waals surface area contributed by atoms with Gasteiger partial charge in [-0.15, -0.1) is 0 Å². The van der Waals surface area contributed by atoms with Crippen LogP contribution in [0.1, 0.15) is 111 Å². The molecule has 0 aliphatic heterocycles. The first-order chi connectivity index (χ1) is 44.4. The average Bonchev–Trinajstić information content (AvgIpc) is 1.48. The summed E-state index contributed by atoms with van der Waals surface area (Å²) in [6.07, 6.45) is 10.6. The molecule has 4 unspecified atom stereocenters. The van der Waals surface area contributed by atoms with Gasteiger partial charge >= 0.3 is 17.9 Å². The van der Waals surface area contributed by atoms with Crippen LogP contribution in [0, 0.1) is 34.5 Å². The Morgan fingerprint density at radius 3 is 1.79 bits per heavy atom. The van der Waals surface area contributed by atoms with Gasteiger partial charge in [-0.2, -0.15) is 5.26 Å². The molecule has 0 saturated heterocycles. The van der Waals surface area contributed by atoms with E-state index in [4.69, 9.17) is 49.1 Å². The van der Waals surface area contributed by atoms with Crippen molar-refractivity contribution in [3.63, 3.8) is 0 Å². The first-order valence-corrected chi connectivity index (χ1v) is 29.8. The lowest BCUT2D eigenvalue weighted by atomic mass is 9.84. The number of carboxylic acid groups (broad SMARTS) is 3. The number of nitrogens with one attached hydrogen (secondary N) is 3. The van der Waals surface area contributed by atoms with Crippen molar-refractivity contribution in [3.05, 3.63) is 179 Å². The number of nitrogens with zero attached hydrogens (tertiary/aromatic N) is 1. The van der Waals surface area contributed by atoms with Gasteiger partial charge in [0.2, 0.25) is 5.91 Å². The van der Waals surface area contributed by atoms with Crippen LogP contribution in [0.4, 0.5) is 5.69 Å². The Morgan fingerprint density at radius 2 is 1.26 bits per heavy atom. The van der Waals surface area contributed by atoms with E-state index in [9.17, 15) is 39.0 Å². The maximum Gasteiger partial charge on any atom is 0.331 e. The van der Waals surface area contributed by atoms with E-state index >= 15 is 0 Å². The van der Waals surface area contributed by atoms with Crippen LogP contribution in [-0.2, 0) is 61.7 Å². The van der Waals surface area contributed by atoms with Crippen LogP contribution < -0.4 is 25.0 Å². The van der Waals surface area contributed by atoms with Gasteiger partial charge in [0.15, 0.2) is 0 Å². The highest BCUT2D eigenvalue weighted by atomic mass is 16.7. The predicted octanol–water partition coefficient (Wildman–Crippen LogP) is 13.1. The van der Waals surface area contributed by atoms with E-state index in [0.717, 1.165) is 87.2 Å². The number of carbonyl (C=O) groups excluding carboxylic acids is 4. The van der Waals surface area contributed by atoms with E-state index < -0.39 is 54.1 Å². The first kappa shape index (κ1) is 76.2. The molecule has 4 atom stereocenters. The molecule has 1 saturated carbocycles. The van der Waals surface area contributed by atoms with Crippen molar-refractivity contribution in [2.75, 3.05) is 39.8 Å². The number of allylic oxidation sites excluding steroid dienone is 1. The highest BCUT2D eigenvalue weighted by Gasteiger charge is 2.51. The lowest BCUT2D eigenvalue weighted by Crippen LogP contribution is -2.35. The number of carbonyl (C=O) groups is 7. The number of anilines is 1. The molecular weight excluding hydrogens is 1180 g/mol. The maximum atomic E-state index is 13.8. The Balaban J connectivity index is 0.000000578. The number of hydrogen-bond acceptors (Lipinski definition) is 16. The molecule has 1 aliphatic rings. The average molecular weight is 1260 g/mol. The zero-order valence-corrected chi connectivity index (χ0v) is 53.3. The summed E-state index contributed by atoms with van der Waals surface area (Å²) >= 11 is 0. The van der Waals surface area contributed by atoms with Crippen LogP contribution in [0.5, 0.6) is 17.2 Å². The van der Waals surface area contributed by atoms with Crippen molar-refractivity contribution < 1.29 is 77.4 Å². The zero-order valence-electron chi connectivity index (χ0n) is 53.3. The van der Waals surface area contributed by atoms with E-state index in [1.807, 2.05) is 111 Å². The van der Waals surface area contributed by atoms with Crippen molar-refractivity contribution in [3.8, 4) is 45.6 Å². The molecule has 92 heavy (non-hydrogen) atoms. The zero-order chi connectivity index (χ0) is 67.8. The normalized spacial score (nSPS) is 14.5. The number of rotatable bonds is 28. The predicted molar refractivity (Wildman–Crippen MR) is 353 cm³/mol. The third kappa shape index (κ3) is 26.2. The van der Waals surface area contributed by atoms with Gasteiger partial charge < -0.3 is 49.7 Å². The van der Waals surface area contributed by atoms with Gasteiger partial charge in [-0.3, -0.25) is 33.6 Å². The molecule has 7 rings (SSSR count). The van der Waals surface area contributed by atoms with Crippen molar-refractivity contribution in [1.29, 1.82) is 10.7 Å². The van der Waals surface area contributed by atoms with Crippen molar-refractivity contribution >= 4 is 66.9 Å². The van der Waals surface area contributed by atoms with Gasteiger partial charge in [-0.1, -0.05) is 113 Å². The molecule has 1 amide bonds. The van der Waals surface area contributed by atoms with E-state index in [-0.39, 0.29) is 24.9 Å². The largest absolute Gasteiger partial charge is 0.497 e. The second kappa shape index (κ2) is 42.0. The number of unbranched alkanes of at least 4 members (excludes halogenated alkanes) is 2. The number of benzene rings is 6. The number of carboxylic acids is 2. The highest BCUT2D eigenvalue weighted by molar-refractivity contribution is 5.96. The fraction of sp³-hybridized carbons (Fsp3) is 0.319. The number of esters is 1. The Bertz CT molecular complexity index is 3370. The van der Waals surface area contributed by atoms with Crippen molar-refractivity contribution in [1.82, 2.24) is 5.48 Å². The third-order valence-electron chi connectivity index (χ3n) is 13.9. The summed E-state index contributed by atoms with van der Waals surface area (Å²) in [5.74, 6) is -4.65. The molecule has 488 valence electrons. The number of ether oxygens (including phenoxy) is 5. The molecule has 6 N–H and O–H groups in total. The van der Waals surface area contributed by atoms with E-state index in [2.05, 4.69) is 37.6 Å². The summed E-state index contributed by atoms with van der Waals surface area (Å²) in [5, 5.41) is 44.8. The minimum absolute atomic E-state index is 0.00377. The summed E-state index contributed by atoms with van der Waals surface area (Å²) in [5.41, 5.74) is 11.3. The smallest absolute Gasteiger partial charge is 0.331 e. The minimum atomic E-state index is -1.30. The van der Waals surface area contributed by atoms with Gasteiger partial charge in [0, 0.05) is 43.8 Å². The number of nitriles is 1. The van der Waals surface area contributed by atoms with Gasteiger partial charge in [-0.25, -0.2) is 10.3 Å². The second-order valence-corrected chi connectivity index (χ2v) is 21.2. The Hall–Kier alpha value is -10.1. The monoisotopic (exact) mass is 1260 g/mol. The molecule has 0 radical (unpaired) electrons. The van der Waals surface area contributed by atoms with Crippen LogP contribution in [0.3, 0.4) is 0 Å². The summed E-state index contributed by atoms with van der Waals surface area (Å²) in [7, 11) is 4.73. The number of hydroxylamine groups is 1. The number of aliphatic carboxylic acids is 2. The maximum absolute atomic E-state index is 13.8. The molecular formula is C72H84N4O16. The molecule has 6 aromatic rings. The van der Waals surface area contributed by atoms with Gasteiger partial charge in [0.05, 0.1) is 57.4 Å². The molecule has 0 bridgehead atoms. The first-order valence-electron chi connectivity index (χ1n) is 29.8. The van der Waals surface area contributed by atoms with Crippen LogP contribution >= 0.6 is 0 Å². The fourth-order valence-corrected chi connectivity index (χ4v) is 9.48. The fourth-order valence-electron chi connectivity index (χ4n) is 9.48. The van der Waals surface area contributed by atoms with Crippen LogP contribution in [0.2, 0.25) is 0 Å². The van der Waals surface area contributed by atoms with E-state index in [1.54, 1.807) is 62.8 Å². The Morgan fingerprint density at radius 1 is 0.717 bits per heavy atom. The van der Waals surface area contributed by atoms with Gasteiger partial charge in [-0.05, 0) is 160 Å². The van der Waals surface area contributed by atoms with Crippen molar-refractivity contribution in [2.24, 2.45) is 17.8 Å². The van der Waals surface area contributed by atoms with E-state index in [1.165, 1.54) is 25.4 Å². The molecule has 1 aliphatic carbocycles. The van der Waals surface area contributed by atoms with Crippen LogP contribution in [-0.4, -0.2) is 105 Å². The standard InChI is InChI=1S/C48H55N3O10.C11H11NO2.C10H10O2.C2H6.CH2O2/c1-48(2,3)35-15-19-38(33(24-35)28-58-5)39-20-16-36(51-46(55)41-26-42(61-50-4)40(27-43(52)53)45(41)47(56)57)25-34(39)29-60-44(54)21-10-30-8-11-31(12-9-30)32-13-17-37(18-14-32)59-23-7-6-22-49;12-7-1-2-8-14-11-5-3-10(9-13)4-6-11;1-12-10-6-4-9(5-7-10)3-2-8-11;1-2;2-1-3/h8-22,24-25,40-42,45,49-50H,6-7,23,26-29H2,1-5H3,(H,51,55)(H,52,53)(H,56,57);3-6,9H,1-2,8H2;2-8H,1H3;1-2H3;1H,(H,2,3)/b21-10+,49-22?;;3-2+;;. The summed E-state index contributed by atoms with van der Waals surface area (Å²) < 4.78 is 27.4. The quantitative estimate of drug-likeness (QED) is 0.00664. The van der Waals surface area contributed by atoms with Gasteiger partial charge in [0.25, 0.3) is 6.47 Å². The highest BCUT2D eigenvalue weighted by Crippen LogP contribution is 2.42. The second-order valence-electron chi connectivity index (χ2n) is 21.2. The van der Waals surface area contributed by atoms with Crippen LogP contribution in [0.15, 0.2) is 146 Å². The lowest BCUT2D eigenvalue weighted by molar-refractivity contribution is -0.150. The number of aldehydes is 2. The van der Waals surface area contributed by atoms with Gasteiger partial charge in [0.1, 0.15) is 36.4 Å². The topological polar surface area (TPSA) is 307 Å². The third-order valence-corrected chi connectivity index (χ3v) is 13.9. The van der Waals surface area contributed by atoms with Crippen LogP contribution in [0.25, 0.3) is 34.4 Å². The van der Waals surface area contributed by atoms with Crippen molar-refractivity contribution in [2.45, 2.75) is 97.9 Å². The minimum Gasteiger partial charge on any atom is -0.497 e. The molecule has 20 nitrogen and oxygen atoms in total. The Labute approximate surface area is 538 Å². The number of hydrogen-bond donors (Lipinski definition) is 6. The Kier molecular flexibility index (Phi) is 34.8. The lowest BCUT2D eigenvalue weighted by Gasteiger charge is -2.23. The molecule has 6 aromatic carbocycles.